The summed E-state index contributed by atoms with van der Waals surface area (Å²) < 4.78 is 7.07. The maximum absolute atomic E-state index is 12.7. The van der Waals surface area contributed by atoms with Gasteiger partial charge in [-0.05, 0) is 90.3 Å². The Labute approximate surface area is 221 Å². The number of hydrogen-bond donors (Lipinski definition) is 2. The van der Waals surface area contributed by atoms with Crippen LogP contribution in [-0.4, -0.2) is 18.4 Å². The lowest BCUT2D eigenvalue weighted by atomic mass is 10.1. The van der Waals surface area contributed by atoms with Crippen LogP contribution in [0.4, 0.5) is 11.4 Å². The molecule has 3 rings (SSSR count). The molecule has 0 aliphatic carbocycles. The second kappa shape index (κ2) is 11.8. The summed E-state index contributed by atoms with van der Waals surface area (Å²) >= 11 is 6.86. The van der Waals surface area contributed by atoms with Gasteiger partial charge in [0.15, 0.2) is 6.61 Å². The second-order valence-corrected chi connectivity index (χ2v) is 9.70. The van der Waals surface area contributed by atoms with E-state index in [1.54, 1.807) is 24.3 Å². The maximum Gasteiger partial charge on any atom is 0.266 e. The molecule has 0 saturated heterocycles. The van der Waals surface area contributed by atoms with Crippen LogP contribution < -0.4 is 15.4 Å². The number of nitrogens with one attached hydrogen (secondary N) is 2. The van der Waals surface area contributed by atoms with Crippen LogP contribution in [0.5, 0.6) is 5.75 Å². The van der Waals surface area contributed by atoms with Gasteiger partial charge in [-0.15, -0.1) is 0 Å². The van der Waals surface area contributed by atoms with Crippen molar-refractivity contribution in [3.63, 3.8) is 0 Å². The molecule has 0 radical (unpaired) electrons. The lowest BCUT2D eigenvalue weighted by Gasteiger charge is -2.13. The van der Waals surface area contributed by atoms with Gasteiger partial charge in [0.05, 0.1) is 4.47 Å². The predicted octanol–water partition coefficient (Wildman–Crippen LogP) is 6.70. The highest BCUT2D eigenvalue weighted by Gasteiger charge is 2.15. The summed E-state index contributed by atoms with van der Waals surface area (Å²) in [5.74, 6) is -0.555. The van der Waals surface area contributed by atoms with Crippen LogP contribution >= 0.6 is 31.9 Å². The quantitative estimate of drug-likeness (QED) is 0.234. The highest BCUT2D eigenvalue weighted by molar-refractivity contribution is 9.11. The Morgan fingerprint density at radius 1 is 0.943 bits per heavy atom. The predicted molar refractivity (Wildman–Crippen MR) is 145 cm³/mol. The number of rotatable bonds is 7. The second-order valence-electron chi connectivity index (χ2n) is 7.93. The Morgan fingerprint density at radius 3 is 2.29 bits per heavy atom. The summed E-state index contributed by atoms with van der Waals surface area (Å²) in [4.78, 5) is 25.2. The number of nitrogens with zero attached hydrogens (tertiary/aromatic N) is 1. The lowest BCUT2D eigenvalue weighted by molar-refractivity contribution is -0.118. The van der Waals surface area contributed by atoms with E-state index in [-0.39, 0.29) is 18.1 Å². The molecule has 3 aromatic rings. The van der Waals surface area contributed by atoms with Crippen LogP contribution in [0.25, 0.3) is 6.08 Å². The van der Waals surface area contributed by atoms with Crippen LogP contribution in [0.1, 0.15) is 22.3 Å². The average Bonchev–Trinajstić information content (AvgIpc) is 2.80. The minimum absolute atomic E-state index is 0.111. The van der Waals surface area contributed by atoms with Crippen LogP contribution in [-0.2, 0) is 9.59 Å². The lowest BCUT2D eigenvalue weighted by Crippen LogP contribution is -2.20. The number of halogens is 2. The van der Waals surface area contributed by atoms with E-state index in [0.29, 0.717) is 31.6 Å². The normalized spacial score (nSPS) is 10.9. The number of carbonyl (C=O) groups is 2. The maximum atomic E-state index is 12.7. The molecule has 3 aromatic carbocycles. The zero-order valence-corrected chi connectivity index (χ0v) is 22.6. The molecule has 8 heteroatoms. The first-order chi connectivity index (χ1) is 16.7. The Hall–Kier alpha value is -3.41. The Balaban J connectivity index is 1.79. The molecule has 0 aromatic heterocycles. The fourth-order valence-corrected chi connectivity index (χ4v) is 4.51. The molecule has 0 fully saturated rings. The smallest absolute Gasteiger partial charge is 0.266 e. The summed E-state index contributed by atoms with van der Waals surface area (Å²) in [6.45, 7) is 5.66. The number of amides is 2. The number of nitriles is 1. The van der Waals surface area contributed by atoms with Gasteiger partial charge in [0, 0.05) is 21.4 Å². The van der Waals surface area contributed by atoms with Crippen molar-refractivity contribution in [1.82, 2.24) is 0 Å². The molecule has 178 valence electrons. The Morgan fingerprint density at radius 2 is 1.63 bits per heavy atom. The van der Waals surface area contributed by atoms with Gasteiger partial charge in [-0.2, -0.15) is 5.26 Å². The molecule has 0 spiro atoms. The summed E-state index contributed by atoms with van der Waals surface area (Å²) in [5.41, 5.74) is 4.86. The van der Waals surface area contributed by atoms with E-state index < -0.39 is 5.91 Å². The summed E-state index contributed by atoms with van der Waals surface area (Å²) in [6.07, 6.45) is 1.43. The zero-order chi connectivity index (χ0) is 25.5. The van der Waals surface area contributed by atoms with Crippen molar-refractivity contribution in [1.29, 1.82) is 5.26 Å². The zero-order valence-electron chi connectivity index (χ0n) is 19.4. The van der Waals surface area contributed by atoms with Crippen molar-refractivity contribution >= 4 is 61.1 Å². The highest BCUT2D eigenvalue weighted by Crippen LogP contribution is 2.34. The number of hydrogen-bond acceptors (Lipinski definition) is 4. The van der Waals surface area contributed by atoms with Gasteiger partial charge in [0.1, 0.15) is 17.4 Å². The number of ether oxygens (including phenoxy) is 1. The largest absolute Gasteiger partial charge is 0.482 e. The van der Waals surface area contributed by atoms with Crippen LogP contribution in [0.2, 0.25) is 0 Å². The monoisotopic (exact) mass is 595 g/mol. The molecular formula is C27H23Br2N3O3. The van der Waals surface area contributed by atoms with Crippen molar-refractivity contribution in [3.05, 3.63) is 91.4 Å². The van der Waals surface area contributed by atoms with Crippen LogP contribution in [0.15, 0.2) is 69.1 Å². The van der Waals surface area contributed by atoms with E-state index in [4.69, 9.17) is 4.74 Å². The van der Waals surface area contributed by atoms with Gasteiger partial charge in [-0.25, -0.2) is 0 Å². The van der Waals surface area contributed by atoms with E-state index >= 15 is 0 Å². The van der Waals surface area contributed by atoms with Crippen molar-refractivity contribution in [2.45, 2.75) is 20.8 Å². The topological polar surface area (TPSA) is 91.2 Å². The van der Waals surface area contributed by atoms with Crippen molar-refractivity contribution < 1.29 is 14.3 Å². The number of carbonyl (C=O) groups excluding carboxylic acids is 2. The van der Waals surface area contributed by atoms with E-state index in [9.17, 15) is 14.9 Å². The van der Waals surface area contributed by atoms with Crippen molar-refractivity contribution in [3.8, 4) is 11.8 Å². The minimum Gasteiger partial charge on any atom is -0.482 e. The van der Waals surface area contributed by atoms with E-state index in [0.717, 1.165) is 16.7 Å². The molecule has 0 aliphatic heterocycles. The molecule has 0 atom stereocenters. The standard InChI is InChI=1S/C27H23Br2N3O3/c1-16-4-7-22(8-5-16)32-27(34)20(14-30)11-19-12-21(28)13-24(29)26(19)35-15-25(33)31-23-9-6-17(2)18(3)10-23/h4-13H,15H2,1-3H3,(H,31,33)(H,32,34)/b20-11-. The average molecular weight is 597 g/mol. The van der Waals surface area contributed by atoms with E-state index in [1.165, 1.54) is 6.08 Å². The molecule has 0 bridgehead atoms. The molecular weight excluding hydrogens is 574 g/mol. The van der Waals surface area contributed by atoms with Crippen LogP contribution in [0.3, 0.4) is 0 Å². The molecule has 0 aliphatic rings. The fourth-order valence-electron chi connectivity index (χ4n) is 3.13. The highest BCUT2D eigenvalue weighted by atomic mass is 79.9. The summed E-state index contributed by atoms with van der Waals surface area (Å²) in [6, 6.07) is 18.3. The number of benzene rings is 3. The minimum atomic E-state index is -0.550. The van der Waals surface area contributed by atoms with Gasteiger partial charge in [-0.3, -0.25) is 9.59 Å². The summed E-state index contributed by atoms with van der Waals surface area (Å²) in [5, 5.41) is 15.2. The first-order valence-corrected chi connectivity index (χ1v) is 12.2. The molecule has 6 nitrogen and oxygen atoms in total. The molecule has 0 unspecified atom stereocenters. The third kappa shape index (κ3) is 7.28. The first-order valence-electron chi connectivity index (χ1n) is 10.6. The van der Waals surface area contributed by atoms with E-state index in [1.807, 2.05) is 57.2 Å². The third-order valence-corrected chi connectivity index (χ3v) is 6.20. The summed E-state index contributed by atoms with van der Waals surface area (Å²) in [7, 11) is 0. The van der Waals surface area contributed by atoms with Gasteiger partial charge in [-0.1, -0.05) is 39.7 Å². The molecule has 0 saturated carbocycles. The number of aryl methyl sites for hydroxylation is 3. The van der Waals surface area contributed by atoms with E-state index in [2.05, 4.69) is 42.5 Å². The Bertz CT molecular complexity index is 1340. The Kier molecular flexibility index (Phi) is 8.85. The van der Waals surface area contributed by atoms with Crippen molar-refractivity contribution in [2.24, 2.45) is 0 Å². The van der Waals surface area contributed by atoms with Gasteiger partial charge in [0.2, 0.25) is 0 Å². The van der Waals surface area contributed by atoms with Crippen LogP contribution in [0, 0.1) is 32.1 Å². The third-order valence-electron chi connectivity index (χ3n) is 5.15. The molecule has 2 amide bonds. The molecule has 2 N–H and O–H groups in total. The molecule has 35 heavy (non-hydrogen) atoms. The van der Waals surface area contributed by atoms with Crippen molar-refractivity contribution in [2.75, 3.05) is 17.2 Å². The SMILES string of the molecule is Cc1ccc(NC(=O)/C(C#N)=C\c2cc(Br)cc(Br)c2OCC(=O)Nc2ccc(C)c(C)c2)cc1. The first kappa shape index (κ1) is 26.2. The van der Waals surface area contributed by atoms with Gasteiger partial charge in [0.25, 0.3) is 11.8 Å². The molecule has 0 heterocycles. The fraction of sp³-hybridized carbons (Fsp3) is 0.148. The van der Waals surface area contributed by atoms with Gasteiger partial charge >= 0.3 is 0 Å². The number of anilines is 2. The van der Waals surface area contributed by atoms with Gasteiger partial charge < -0.3 is 15.4 Å².